The van der Waals surface area contributed by atoms with Crippen molar-refractivity contribution in [2.24, 2.45) is 0 Å². The molecule has 3 rings (SSSR count). The molecule has 1 atom stereocenters. The van der Waals surface area contributed by atoms with Crippen LogP contribution in [-0.2, 0) is 11.2 Å². The molecule has 1 aliphatic heterocycles. The van der Waals surface area contributed by atoms with E-state index in [1.165, 1.54) is 12.1 Å². The minimum atomic E-state index is -1.01. The van der Waals surface area contributed by atoms with Crippen molar-refractivity contribution in [2.45, 2.75) is 18.9 Å². The van der Waals surface area contributed by atoms with E-state index in [0.717, 1.165) is 24.2 Å². The van der Waals surface area contributed by atoms with Gasteiger partial charge in [-0.3, -0.25) is 4.79 Å². The number of carbonyl (C=O) groups excluding carboxylic acids is 1. The summed E-state index contributed by atoms with van der Waals surface area (Å²) in [4.78, 5) is 16.4. The molecule has 0 spiro atoms. The molecule has 0 bridgehead atoms. The molecule has 132 valence electrons. The van der Waals surface area contributed by atoms with Crippen LogP contribution in [0.3, 0.4) is 0 Å². The molecule has 2 aromatic rings. The van der Waals surface area contributed by atoms with Gasteiger partial charge in [-0.25, -0.2) is 4.39 Å². The first kappa shape index (κ1) is 17.4. The number of hydrogen-bond acceptors (Lipinski definition) is 3. The summed E-state index contributed by atoms with van der Waals surface area (Å²) in [5, 5.41) is 10.3. The predicted octanol–water partition coefficient (Wildman–Crippen LogP) is 2.47. The molecule has 2 aromatic carbocycles. The monoisotopic (exact) mass is 342 g/mol. The van der Waals surface area contributed by atoms with Crippen molar-refractivity contribution in [3.05, 3.63) is 66.0 Å². The standard InChI is InChI=1S/C20H23FN2O2/c21-17-7-9-18(10-8-17)22-11-4-12-23(14-13-22)20(25)19(24)15-16-5-2-1-3-6-16/h1-3,5-10,19,24H,4,11-15H2/t19-/m0/s1. The minimum Gasteiger partial charge on any atom is -0.383 e. The van der Waals surface area contributed by atoms with Gasteiger partial charge >= 0.3 is 0 Å². The lowest BCUT2D eigenvalue weighted by atomic mass is 10.1. The molecular weight excluding hydrogens is 319 g/mol. The number of amides is 1. The fraction of sp³-hybridized carbons (Fsp3) is 0.350. The maximum atomic E-state index is 13.1. The van der Waals surface area contributed by atoms with Crippen LogP contribution in [0.25, 0.3) is 0 Å². The van der Waals surface area contributed by atoms with Crippen LogP contribution in [0.1, 0.15) is 12.0 Å². The summed E-state index contributed by atoms with van der Waals surface area (Å²) in [7, 11) is 0. The second-order valence-electron chi connectivity index (χ2n) is 6.35. The number of anilines is 1. The first-order valence-corrected chi connectivity index (χ1v) is 8.65. The van der Waals surface area contributed by atoms with E-state index in [2.05, 4.69) is 4.90 Å². The molecule has 25 heavy (non-hydrogen) atoms. The lowest BCUT2D eigenvalue weighted by Gasteiger charge is -2.25. The molecular formula is C20H23FN2O2. The first-order chi connectivity index (χ1) is 12.1. The van der Waals surface area contributed by atoms with Crippen molar-refractivity contribution in [1.82, 2.24) is 4.90 Å². The van der Waals surface area contributed by atoms with Crippen LogP contribution in [0, 0.1) is 5.82 Å². The molecule has 1 saturated heterocycles. The number of aliphatic hydroxyl groups excluding tert-OH is 1. The second-order valence-corrected chi connectivity index (χ2v) is 6.35. The Labute approximate surface area is 147 Å². The number of benzene rings is 2. The maximum Gasteiger partial charge on any atom is 0.251 e. The van der Waals surface area contributed by atoms with Gasteiger partial charge in [-0.1, -0.05) is 30.3 Å². The van der Waals surface area contributed by atoms with Gasteiger partial charge in [0.1, 0.15) is 11.9 Å². The summed E-state index contributed by atoms with van der Waals surface area (Å²) in [5.74, 6) is -0.468. The van der Waals surface area contributed by atoms with Crippen LogP contribution in [-0.4, -0.2) is 48.2 Å². The molecule has 1 fully saturated rings. The number of hydrogen-bond donors (Lipinski definition) is 1. The average molecular weight is 342 g/mol. The van der Waals surface area contributed by atoms with E-state index in [1.807, 2.05) is 30.3 Å². The Bertz CT molecular complexity index is 691. The Morgan fingerprint density at radius 1 is 1.00 bits per heavy atom. The zero-order chi connectivity index (χ0) is 17.6. The summed E-state index contributed by atoms with van der Waals surface area (Å²) in [6, 6.07) is 16.0. The molecule has 1 aliphatic rings. The van der Waals surface area contributed by atoms with Gasteiger partial charge in [0.15, 0.2) is 0 Å². The Hall–Kier alpha value is -2.40. The average Bonchev–Trinajstić information content (AvgIpc) is 2.89. The first-order valence-electron chi connectivity index (χ1n) is 8.65. The zero-order valence-electron chi connectivity index (χ0n) is 14.1. The van der Waals surface area contributed by atoms with Crippen LogP contribution in [0.15, 0.2) is 54.6 Å². The molecule has 0 aliphatic carbocycles. The maximum absolute atomic E-state index is 13.1. The summed E-state index contributed by atoms with van der Waals surface area (Å²) in [5.41, 5.74) is 1.91. The normalized spacial score (nSPS) is 16.4. The van der Waals surface area contributed by atoms with E-state index < -0.39 is 6.10 Å². The van der Waals surface area contributed by atoms with E-state index in [-0.39, 0.29) is 11.7 Å². The van der Waals surface area contributed by atoms with Crippen molar-refractivity contribution >= 4 is 11.6 Å². The van der Waals surface area contributed by atoms with Gasteiger partial charge < -0.3 is 14.9 Å². The fourth-order valence-electron chi connectivity index (χ4n) is 3.18. The van der Waals surface area contributed by atoms with E-state index >= 15 is 0 Å². The number of halogens is 1. The number of rotatable bonds is 4. The fourth-order valence-corrected chi connectivity index (χ4v) is 3.18. The van der Waals surface area contributed by atoms with Crippen LogP contribution < -0.4 is 4.90 Å². The Morgan fingerprint density at radius 3 is 2.44 bits per heavy atom. The lowest BCUT2D eigenvalue weighted by Crippen LogP contribution is -2.42. The molecule has 0 radical (unpaired) electrons. The molecule has 1 N–H and O–H groups in total. The van der Waals surface area contributed by atoms with Gasteiger partial charge in [0.2, 0.25) is 0 Å². The molecule has 0 unspecified atom stereocenters. The largest absolute Gasteiger partial charge is 0.383 e. The molecule has 4 nitrogen and oxygen atoms in total. The molecule has 5 heteroatoms. The van der Waals surface area contributed by atoms with Crippen LogP contribution >= 0.6 is 0 Å². The minimum absolute atomic E-state index is 0.218. The summed E-state index contributed by atoms with van der Waals surface area (Å²) < 4.78 is 13.1. The van der Waals surface area contributed by atoms with Crippen LogP contribution in [0.2, 0.25) is 0 Å². The lowest BCUT2D eigenvalue weighted by molar-refractivity contribution is -0.139. The Morgan fingerprint density at radius 2 is 1.72 bits per heavy atom. The van der Waals surface area contributed by atoms with Gasteiger partial charge in [-0.2, -0.15) is 0 Å². The number of nitrogens with zero attached hydrogens (tertiary/aromatic N) is 2. The van der Waals surface area contributed by atoms with Crippen LogP contribution in [0.4, 0.5) is 10.1 Å². The Balaban J connectivity index is 1.58. The van der Waals surface area contributed by atoms with Crippen molar-refractivity contribution in [3.63, 3.8) is 0 Å². The Kier molecular flexibility index (Phi) is 5.66. The highest BCUT2D eigenvalue weighted by Gasteiger charge is 2.25. The second kappa shape index (κ2) is 8.12. The van der Waals surface area contributed by atoms with Gasteiger partial charge in [0, 0.05) is 38.3 Å². The third-order valence-corrected chi connectivity index (χ3v) is 4.56. The third kappa shape index (κ3) is 4.57. The smallest absolute Gasteiger partial charge is 0.251 e. The highest BCUT2D eigenvalue weighted by Crippen LogP contribution is 2.17. The molecule has 1 heterocycles. The van der Waals surface area contributed by atoms with Gasteiger partial charge in [0.25, 0.3) is 5.91 Å². The summed E-state index contributed by atoms with van der Waals surface area (Å²) in [6.45, 7) is 2.67. The van der Waals surface area contributed by atoms with E-state index in [9.17, 15) is 14.3 Å². The number of carbonyl (C=O) groups is 1. The predicted molar refractivity (Wildman–Crippen MR) is 96.0 cm³/mol. The van der Waals surface area contributed by atoms with Crippen molar-refractivity contribution in [3.8, 4) is 0 Å². The van der Waals surface area contributed by atoms with Crippen molar-refractivity contribution in [1.29, 1.82) is 0 Å². The topological polar surface area (TPSA) is 43.8 Å². The van der Waals surface area contributed by atoms with Crippen molar-refractivity contribution in [2.75, 3.05) is 31.1 Å². The van der Waals surface area contributed by atoms with E-state index in [4.69, 9.17) is 0 Å². The van der Waals surface area contributed by atoms with E-state index in [1.54, 1.807) is 17.0 Å². The molecule has 0 saturated carbocycles. The quantitative estimate of drug-likeness (QED) is 0.928. The summed E-state index contributed by atoms with van der Waals surface area (Å²) in [6.07, 6.45) is 0.138. The van der Waals surface area contributed by atoms with Gasteiger partial charge in [-0.05, 0) is 36.2 Å². The van der Waals surface area contributed by atoms with E-state index in [0.29, 0.717) is 26.1 Å². The number of aliphatic hydroxyl groups is 1. The van der Waals surface area contributed by atoms with Gasteiger partial charge in [-0.15, -0.1) is 0 Å². The van der Waals surface area contributed by atoms with Crippen LogP contribution in [0.5, 0.6) is 0 Å². The highest BCUT2D eigenvalue weighted by molar-refractivity contribution is 5.81. The zero-order valence-corrected chi connectivity index (χ0v) is 14.1. The highest BCUT2D eigenvalue weighted by atomic mass is 19.1. The molecule has 1 amide bonds. The van der Waals surface area contributed by atoms with Gasteiger partial charge in [0.05, 0.1) is 0 Å². The SMILES string of the molecule is O=C([C@@H](O)Cc1ccccc1)N1CCCN(c2ccc(F)cc2)CC1. The summed E-state index contributed by atoms with van der Waals surface area (Å²) >= 11 is 0. The van der Waals surface area contributed by atoms with Crippen molar-refractivity contribution < 1.29 is 14.3 Å². The molecule has 0 aromatic heterocycles. The third-order valence-electron chi connectivity index (χ3n) is 4.56.